The molecule has 0 saturated carbocycles. The minimum Gasteiger partial charge on any atom is -0.346 e. The Morgan fingerprint density at radius 1 is 1.41 bits per heavy atom. The topological polar surface area (TPSA) is 83.8 Å². The molecule has 3 rings (SSSR count). The molecule has 6 heteroatoms. The van der Waals surface area contributed by atoms with Crippen molar-refractivity contribution in [3.05, 3.63) is 52.8 Å². The predicted molar refractivity (Wildman–Crippen MR) is 87.8 cm³/mol. The van der Waals surface area contributed by atoms with Crippen LogP contribution in [0.4, 0.5) is 0 Å². The number of H-pyrrole nitrogens is 1. The van der Waals surface area contributed by atoms with Crippen LogP contribution in [0.15, 0.2) is 30.5 Å². The molecule has 2 aromatic rings. The fourth-order valence-electron chi connectivity index (χ4n) is 2.79. The van der Waals surface area contributed by atoms with Gasteiger partial charge in [-0.25, -0.2) is 0 Å². The first-order chi connectivity index (χ1) is 10.1. The maximum atomic E-state index is 12.4. The summed E-state index contributed by atoms with van der Waals surface area (Å²) in [5, 5.41) is 10.1. The van der Waals surface area contributed by atoms with Crippen molar-refractivity contribution in [2.24, 2.45) is 5.73 Å². The fourth-order valence-corrected chi connectivity index (χ4v) is 2.79. The number of aromatic amines is 1. The third-order valence-electron chi connectivity index (χ3n) is 4.07. The molecule has 1 aliphatic carbocycles. The first kappa shape index (κ1) is 16.5. The number of aryl methyl sites for hydroxylation is 2. The quantitative estimate of drug-likeness (QED) is 0.811. The Morgan fingerprint density at radius 2 is 2.14 bits per heavy atom. The van der Waals surface area contributed by atoms with Gasteiger partial charge in [-0.05, 0) is 37.3 Å². The second kappa shape index (κ2) is 6.94. The van der Waals surface area contributed by atoms with Crippen LogP contribution in [0, 0.1) is 6.92 Å². The van der Waals surface area contributed by atoms with E-state index in [1.54, 1.807) is 0 Å². The van der Waals surface area contributed by atoms with Crippen LogP contribution in [0.5, 0.6) is 0 Å². The molecule has 0 fully saturated rings. The van der Waals surface area contributed by atoms with Crippen molar-refractivity contribution in [2.75, 3.05) is 0 Å². The summed E-state index contributed by atoms with van der Waals surface area (Å²) in [6, 6.07) is 7.09. The van der Waals surface area contributed by atoms with Crippen molar-refractivity contribution in [3.8, 4) is 0 Å². The van der Waals surface area contributed by atoms with Gasteiger partial charge in [0.1, 0.15) is 6.04 Å². The molecule has 0 saturated heterocycles. The maximum absolute atomic E-state index is 12.4. The maximum Gasteiger partial charge on any atom is 0.242 e. The third-order valence-corrected chi connectivity index (χ3v) is 4.07. The summed E-state index contributed by atoms with van der Waals surface area (Å²) in [5.41, 5.74) is 10.3. The lowest BCUT2D eigenvalue weighted by Gasteiger charge is -2.24. The average molecular weight is 321 g/mol. The van der Waals surface area contributed by atoms with Crippen molar-refractivity contribution in [1.29, 1.82) is 0 Å². The number of hydrogen-bond acceptors (Lipinski definition) is 3. The average Bonchev–Trinajstić information content (AvgIpc) is 2.97. The Balaban J connectivity index is 0.00000176. The van der Waals surface area contributed by atoms with Crippen LogP contribution in [-0.4, -0.2) is 16.1 Å². The lowest BCUT2D eigenvalue weighted by atomic mass is 9.93. The molecule has 1 aromatic carbocycles. The van der Waals surface area contributed by atoms with E-state index in [0.717, 1.165) is 36.1 Å². The van der Waals surface area contributed by atoms with Crippen LogP contribution in [0.1, 0.15) is 47.3 Å². The second-order valence-corrected chi connectivity index (χ2v) is 5.65. The molecule has 0 radical (unpaired) electrons. The molecule has 1 aromatic heterocycles. The van der Waals surface area contributed by atoms with E-state index in [9.17, 15) is 4.79 Å². The number of nitrogens with zero attached hydrogens (tertiary/aromatic N) is 1. The van der Waals surface area contributed by atoms with Crippen LogP contribution in [0.2, 0.25) is 0 Å². The van der Waals surface area contributed by atoms with Crippen LogP contribution in [0.25, 0.3) is 0 Å². The van der Waals surface area contributed by atoms with E-state index in [-0.39, 0.29) is 24.4 Å². The van der Waals surface area contributed by atoms with Gasteiger partial charge in [0.25, 0.3) is 0 Å². The molecule has 2 unspecified atom stereocenters. The zero-order chi connectivity index (χ0) is 14.8. The van der Waals surface area contributed by atoms with Gasteiger partial charge in [-0.3, -0.25) is 9.89 Å². The van der Waals surface area contributed by atoms with Gasteiger partial charge in [0.05, 0.1) is 17.9 Å². The number of carbonyl (C=O) groups is 1. The number of nitrogens with two attached hydrogens (primary N) is 1. The molecule has 1 aliphatic rings. The van der Waals surface area contributed by atoms with E-state index in [1.807, 2.05) is 37.4 Å². The molecule has 4 N–H and O–H groups in total. The van der Waals surface area contributed by atoms with Crippen LogP contribution in [-0.2, 0) is 11.2 Å². The van der Waals surface area contributed by atoms with E-state index in [0.29, 0.717) is 0 Å². The fraction of sp³-hybridized carbons (Fsp3) is 0.375. The minimum absolute atomic E-state index is 0. The lowest BCUT2D eigenvalue weighted by Crippen LogP contribution is -2.37. The highest BCUT2D eigenvalue weighted by atomic mass is 35.5. The summed E-state index contributed by atoms with van der Waals surface area (Å²) in [5.74, 6) is -0.147. The number of nitrogens with one attached hydrogen (secondary N) is 2. The number of fused-ring (bicyclic) bond motifs is 1. The van der Waals surface area contributed by atoms with E-state index >= 15 is 0 Å². The monoisotopic (exact) mass is 320 g/mol. The van der Waals surface area contributed by atoms with Crippen molar-refractivity contribution in [2.45, 2.75) is 38.3 Å². The predicted octanol–water partition coefficient (Wildman–Crippen LogP) is 2.33. The minimum atomic E-state index is -0.640. The van der Waals surface area contributed by atoms with E-state index in [2.05, 4.69) is 15.5 Å². The van der Waals surface area contributed by atoms with Crippen molar-refractivity contribution in [1.82, 2.24) is 15.5 Å². The number of amides is 1. The molecule has 118 valence electrons. The lowest BCUT2D eigenvalue weighted by molar-refractivity contribution is -0.123. The Kier molecular flexibility index (Phi) is 5.21. The number of rotatable bonds is 3. The van der Waals surface area contributed by atoms with Crippen LogP contribution < -0.4 is 11.1 Å². The Labute approximate surface area is 136 Å². The SMILES string of the molecule is Cc1ccc(C(N)C(=O)NC2CCCc3cn[nH]c32)cc1.Cl. The smallest absolute Gasteiger partial charge is 0.242 e. The zero-order valence-electron chi connectivity index (χ0n) is 12.5. The molecular weight excluding hydrogens is 300 g/mol. The third kappa shape index (κ3) is 3.31. The largest absolute Gasteiger partial charge is 0.346 e. The van der Waals surface area contributed by atoms with Gasteiger partial charge in [-0.2, -0.15) is 5.10 Å². The summed E-state index contributed by atoms with van der Waals surface area (Å²) in [7, 11) is 0. The number of benzene rings is 1. The van der Waals surface area contributed by atoms with Crippen LogP contribution in [0.3, 0.4) is 0 Å². The molecule has 0 aliphatic heterocycles. The molecule has 22 heavy (non-hydrogen) atoms. The van der Waals surface area contributed by atoms with Gasteiger partial charge < -0.3 is 11.1 Å². The standard InChI is InChI=1S/C16H20N4O.ClH/c1-10-5-7-11(8-6-10)14(17)16(21)19-13-4-2-3-12-9-18-20-15(12)13;/h5-9,13-14H,2-4,17H2,1H3,(H,18,20)(H,19,21);1H. The number of carbonyl (C=O) groups excluding carboxylic acids is 1. The van der Waals surface area contributed by atoms with Crippen molar-refractivity contribution in [3.63, 3.8) is 0 Å². The normalized spacial score (nSPS) is 18.0. The summed E-state index contributed by atoms with van der Waals surface area (Å²) < 4.78 is 0. The van der Waals surface area contributed by atoms with Crippen molar-refractivity contribution < 1.29 is 4.79 Å². The van der Waals surface area contributed by atoms with Gasteiger partial charge >= 0.3 is 0 Å². The number of hydrogen-bond donors (Lipinski definition) is 3. The highest BCUT2D eigenvalue weighted by Gasteiger charge is 2.26. The highest BCUT2D eigenvalue weighted by molar-refractivity contribution is 5.85. The van der Waals surface area contributed by atoms with E-state index in [1.165, 1.54) is 5.56 Å². The first-order valence-corrected chi connectivity index (χ1v) is 7.30. The molecular formula is C16H21ClN4O. The van der Waals surface area contributed by atoms with Crippen LogP contribution >= 0.6 is 12.4 Å². The summed E-state index contributed by atoms with van der Waals surface area (Å²) in [4.78, 5) is 12.4. The first-order valence-electron chi connectivity index (χ1n) is 7.30. The van der Waals surface area contributed by atoms with Crippen molar-refractivity contribution >= 4 is 18.3 Å². The Bertz CT molecular complexity index is 638. The second-order valence-electron chi connectivity index (χ2n) is 5.65. The van der Waals surface area contributed by atoms with E-state index < -0.39 is 6.04 Å². The van der Waals surface area contributed by atoms with Gasteiger partial charge in [-0.1, -0.05) is 29.8 Å². The zero-order valence-corrected chi connectivity index (χ0v) is 13.3. The summed E-state index contributed by atoms with van der Waals surface area (Å²) in [6.07, 6.45) is 4.83. The number of halogens is 1. The molecule has 1 heterocycles. The Hall–Kier alpha value is -1.85. The summed E-state index contributed by atoms with van der Waals surface area (Å²) >= 11 is 0. The van der Waals surface area contributed by atoms with Gasteiger partial charge in [0.2, 0.25) is 5.91 Å². The van der Waals surface area contributed by atoms with Gasteiger partial charge in [0, 0.05) is 0 Å². The highest BCUT2D eigenvalue weighted by Crippen LogP contribution is 2.28. The summed E-state index contributed by atoms with van der Waals surface area (Å²) in [6.45, 7) is 2.01. The molecule has 2 atom stereocenters. The molecule has 5 nitrogen and oxygen atoms in total. The van der Waals surface area contributed by atoms with Gasteiger partial charge in [0.15, 0.2) is 0 Å². The number of aromatic nitrogens is 2. The molecule has 1 amide bonds. The van der Waals surface area contributed by atoms with Gasteiger partial charge in [-0.15, -0.1) is 12.4 Å². The molecule has 0 spiro atoms. The Morgan fingerprint density at radius 3 is 2.86 bits per heavy atom. The van der Waals surface area contributed by atoms with E-state index in [4.69, 9.17) is 5.73 Å². The molecule has 0 bridgehead atoms.